The number of methoxy groups -OCH3 is 1. The first kappa shape index (κ1) is 10.2. The molecule has 0 bridgehead atoms. The molecule has 0 spiro atoms. The smallest absolute Gasteiger partial charge is 0.316 e. The molecule has 0 N–H and O–H groups in total. The van der Waals surface area contributed by atoms with Gasteiger partial charge in [0.05, 0.1) is 12.5 Å². The predicted octanol–water partition coefficient (Wildman–Crippen LogP) is 2.53. The fourth-order valence-electron chi connectivity index (χ4n) is 2.46. The van der Waals surface area contributed by atoms with Crippen LogP contribution in [0.5, 0.6) is 0 Å². The third-order valence-corrected chi connectivity index (χ3v) is 3.44. The van der Waals surface area contributed by atoms with Crippen molar-refractivity contribution >= 4 is 5.97 Å². The summed E-state index contributed by atoms with van der Waals surface area (Å²) in [5, 5.41) is 0. The molecule has 80 valence electrons. The topological polar surface area (TPSA) is 26.3 Å². The molecule has 0 radical (unpaired) electrons. The van der Waals surface area contributed by atoms with E-state index in [1.165, 1.54) is 7.11 Å². The van der Waals surface area contributed by atoms with Gasteiger partial charge < -0.3 is 4.74 Å². The third-order valence-electron chi connectivity index (χ3n) is 3.44. The minimum absolute atomic E-state index is 0.0828. The zero-order valence-electron chi connectivity index (χ0n) is 9.19. The molecule has 15 heavy (non-hydrogen) atoms. The second kappa shape index (κ2) is 3.69. The molecule has 0 aromatic heterocycles. The summed E-state index contributed by atoms with van der Waals surface area (Å²) < 4.78 is 4.93. The number of ether oxygens (including phenoxy) is 1. The summed E-state index contributed by atoms with van der Waals surface area (Å²) in [4.78, 5) is 11.8. The molecule has 2 heteroatoms. The molecule has 2 rings (SSSR count). The lowest BCUT2D eigenvalue weighted by Crippen LogP contribution is -2.24. The minimum Gasteiger partial charge on any atom is -0.468 e. The summed E-state index contributed by atoms with van der Waals surface area (Å²) in [6.07, 6.45) is 1.96. The summed E-state index contributed by atoms with van der Waals surface area (Å²) in [5.74, 6) is 0.368. The highest BCUT2D eigenvalue weighted by Crippen LogP contribution is 2.56. The number of esters is 1. The second-order valence-electron chi connectivity index (χ2n) is 4.14. The van der Waals surface area contributed by atoms with Crippen LogP contribution in [0.3, 0.4) is 0 Å². The Morgan fingerprint density at radius 3 is 2.60 bits per heavy atom. The highest BCUT2D eigenvalue weighted by Gasteiger charge is 2.60. The molecule has 1 saturated carbocycles. The molecule has 1 aliphatic carbocycles. The van der Waals surface area contributed by atoms with E-state index in [1.54, 1.807) is 0 Å². The Bertz CT molecular complexity index is 358. The Balaban J connectivity index is 2.34. The van der Waals surface area contributed by atoms with Crippen molar-refractivity contribution in [3.8, 4) is 0 Å². The molecule has 1 aromatic rings. The standard InChI is InChI=1S/C13H16O2/c1-3-10-9-13(10,12(14)15-2)11-7-5-4-6-8-11/h4-8,10H,3,9H2,1-2H3. The Hall–Kier alpha value is -1.31. The molecular weight excluding hydrogens is 188 g/mol. The van der Waals surface area contributed by atoms with Crippen molar-refractivity contribution in [3.63, 3.8) is 0 Å². The fourth-order valence-corrected chi connectivity index (χ4v) is 2.46. The molecule has 1 fully saturated rings. The van der Waals surface area contributed by atoms with Gasteiger partial charge in [-0.1, -0.05) is 43.7 Å². The molecule has 0 amide bonds. The van der Waals surface area contributed by atoms with E-state index in [4.69, 9.17) is 4.74 Å². The molecule has 1 aromatic carbocycles. The van der Waals surface area contributed by atoms with Crippen LogP contribution in [0.4, 0.5) is 0 Å². The van der Waals surface area contributed by atoms with E-state index >= 15 is 0 Å². The van der Waals surface area contributed by atoms with Gasteiger partial charge in [-0.05, 0) is 17.9 Å². The minimum atomic E-state index is -0.342. The maximum Gasteiger partial charge on any atom is 0.316 e. The Morgan fingerprint density at radius 2 is 2.13 bits per heavy atom. The lowest BCUT2D eigenvalue weighted by molar-refractivity contribution is -0.144. The molecule has 2 atom stereocenters. The van der Waals surface area contributed by atoms with Crippen molar-refractivity contribution in [2.75, 3.05) is 7.11 Å². The van der Waals surface area contributed by atoms with Crippen LogP contribution in [0.15, 0.2) is 30.3 Å². The fraction of sp³-hybridized carbons (Fsp3) is 0.462. The van der Waals surface area contributed by atoms with E-state index in [0.29, 0.717) is 5.92 Å². The van der Waals surface area contributed by atoms with Crippen molar-refractivity contribution in [1.82, 2.24) is 0 Å². The van der Waals surface area contributed by atoms with Gasteiger partial charge in [0.2, 0.25) is 0 Å². The summed E-state index contributed by atoms with van der Waals surface area (Å²) in [6.45, 7) is 2.12. The van der Waals surface area contributed by atoms with E-state index in [1.807, 2.05) is 30.3 Å². The molecular formula is C13H16O2. The van der Waals surface area contributed by atoms with E-state index in [2.05, 4.69) is 6.92 Å². The van der Waals surface area contributed by atoms with Gasteiger partial charge in [-0.15, -0.1) is 0 Å². The average molecular weight is 204 g/mol. The van der Waals surface area contributed by atoms with Crippen molar-refractivity contribution in [3.05, 3.63) is 35.9 Å². The van der Waals surface area contributed by atoms with E-state index in [9.17, 15) is 4.79 Å². The van der Waals surface area contributed by atoms with Gasteiger partial charge in [-0.2, -0.15) is 0 Å². The van der Waals surface area contributed by atoms with Gasteiger partial charge in [0.15, 0.2) is 0 Å². The van der Waals surface area contributed by atoms with Crippen LogP contribution < -0.4 is 0 Å². The van der Waals surface area contributed by atoms with Crippen LogP contribution in [0.25, 0.3) is 0 Å². The third kappa shape index (κ3) is 1.44. The zero-order chi connectivity index (χ0) is 10.9. The first-order chi connectivity index (χ1) is 7.25. The van der Waals surface area contributed by atoms with Crippen molar-refractivity contribution in [1.29, 1.82) is 0 Å². The van der Waals surface area contributed by atoms with Crippen molar-refractivity contribution in [2.45, 2.75) is 25.2 Å². The molecule has 0 heterocycles. The van der Waals surface area contributed by atoms with Gasteiger partial charge >= 0.3 is 5.97 Å². The first-order valence-corrected chi connectivity index (χ1v) is 5.39. The van der Waals surface area contributed by atoms with E-state index in [-0.39, 0.29) is 11.4 Å². The monoisotopic (exact) mass is 204 g/mol. The SMILES string of the molecule is CCC1CC1(C(=O)OC)c1ccccc1. The van der Waals surface area contributed by atoms with Gasteiger partial charge in [0.1, 0.15) is 0 Å². The zero-order valence-corrected chi connectivity index (χ0v) is 9.19. The number of carbonyl (C=O) groups excluding carboxylic acids is 1. The number of rotatable bonds is 3. The Labute approximate surface area is 90.3 Å². The van der Waals surface area contributed by atoms with Gasteiger partial charge in [-0.25, -0.2) is 0 Å². The summed E-state index contributed by atoms with van der Waals surface area (Å²) >= 11 is 0. The molecule has 1 aliphatic rings. The molecule has 2 nitrogen and oxygen atoms in total. The molecule has 0 saturated heterocycles. The molecule has 0 aliphatic heterocycles. The highest BCUT2D eigenvalue weighted by atomic mass is 16.5. The molecule has 2 unspecified atom stereocenters. The van der Waals surface area contributed by atoms with Crippen LogP contribution >= 0.6 is 0 Å². The normalized spacial score (nSPS) is 28.5. The number of carbonyl (C=O) groups is 1. The highest BCUT2D eigenvalue weighted by molar-refractivity contribution is 5.87. The van der Waals surface area contributed by atoms with Crippen LogP contribution in [-0.4, -0.2) is 13.1 Å². The Kier molecular flexibility index (Phi) is 2.51. The Morgan fingerprint density at radius 1 is 1.47 bits per heavy atom. The predicted molar refractivity (Wildman–Crippen MR) is 58.5 cm³/mol. The van der Waals surface area contributed by atoms with Gasteiger partial charge in [0.25, 0.3) is 0 Å². The van der Waals surface area contributed by atoms with Gasteiger partial charge in [0, 0.05) is 0 Å². The van der Waals surface area contributed by atoms with E-state index < -0.39 is 0 Å². The number of hydrogen-bond donors (Lipinski definition) is 0. The summed E-state index contributed by atoms with van der Waals surface area (Å²) in [5.41, 5.74) is 0.758. The first-order valence-electron chi connectivity index (χ1n) is 5.39. The van der Waals surface area contributed by atoms with Crippen LogP contribution in [0, 0.1) is 5.92 Å². The van der Waals surface area contributed by atoms with Crippen molar-refractivity contribution < 1.29 is 9.53 Å². The van der Waals surface area contributed by atoms with Crippen LogP contribution in [-0.2, 0) is 14.9 Å². The maximum absolute atomic E-state index is 11.8. The lowest BCUT2D eigenvalue weighted by Gasteiger charge is -2.14. The quantitative estimate of drug-likeness (QED) is 0.707. The summed E-state index contributed by atoms with van der Waals surface area (Å²) in [6, 6.07) is 9.97. The van der Waals surface area contributed by atoms with Crippen LogP contribution in [0.2, 0.25) is 0 Å². The number of benzene rings is 1. The van der Waals surface area contributed by atoms with E-state index in [0.717, 1.165) is 18.4 Å². The average Bonchev–Trinajstić information content (AvgIpc) is 3.05. The van der Waals surface area contributed by atoms with Gasteiger partial charge in [-0.3, -0.25) is 4.79 Å². The number of hydrogen-bond acceptors (Lipinski definition) is 2. The largest absolute Gasteiger partial charge is 0.468 e. The van der Waals surface area contributed by atoms with Crippen LogP contribution in [0.1, 0.15) is 25.3 Å². The van der Waals surface area contributed by atoms with Crippen molar-refractivity contribution in [2.24, 2.45) is 5.92 Å². The maximum atomic E-state index is 11.8. The second-order valence-corrected chi connectivity index (χ2v) is 4.14. The lowest BCUT2D eigenvalue weighted by atomic mass is 9.92. The summed E-state index contributed by atoms with van der Waals surface area (Å²) in [7, 11) is 1.47.